The van der Waals surface area contributed by atoms with Crippen molar-refractivity contribution in [2.75, 3.05) is 35.7 Å². The number of amides is 2. The number of anilines is 3. The topological polar surface area (TPSA) is 137 Å². The molecule has 1 fully saturated rings. The third kappa shape index (κ3) is 8.87. The van der Waals surface area contributed by atoms with E-state index in [0.717, 1.165) is 37.1 Å². The number of aromatic nitrogens is 3. The Bertz CT molecular complexity index is 1470. The van der Waals surface area contributed by atoms with E-state index in [9.17, 15) is 14.4 Å². The van der Waals surface area contributed by atoms with E-state index in [2.05, 4.69) is 20.9 Å². The first-order chi connectivity index (χ1) is 20.9. The molecule has 1 unspecified atom stereocenters. The van der Waals surface area contributed by atoms with Crippen LogP contribution in [0.2, 0.25) is 0 Å². The largest absolute Gasteiger partial charge is 0.444 e. The fraction of sp³-hybridized carbons (Fsp3) is 0.469. The molecule has 1 aliphatic rings. The SMILES string of the molecule is CCN(C)c1cc(NC(=O)OC(C)(C)C)c(NC(=O)CC(=O)c2cccc(-n3nncc3COC3CCCCO3)c2)cc1C. The number of ketones is 1. The lowest BCUT2D eigenvalue weighted by Gasteiger charge is -2.24. The highest BCUT2D eigenvalue weighted by atomic mass is 16.7. The van der Waals surface area contributed by atoms with E-state index < -0.39 is 24.0 Å². The smallest absolute Gasteiger partial charge is 0.412 e. The second-order valence-electron chi connectivity index (χ2n) is 11.8. The monoisotopic (exact) mass is 606 g/mol. The molecule has 12 nitrogen and oxygen atoms in total. The number of ether oxygens (including phenoxy) is 3. The van der Waals surface area contributed by atoms with Gasteiger partial charge in [0, 0.05) is 31.5 Å². The van der Waals surface area contributed by atoms with Crippen molar-refractivity contribution in [1.29, 1.82) is 0 Å². The second kappa shape index (κ2) is 14.5. The highest BCUT2D eigenvalue weighted by Gasteiger charge is 2.21. The van der Waals surface area contributed by atoms with E-state index in [0.29, 0.717) is 34.9 Å². The Morgan fingerprint density at radius 3 is 2.59 bits per heavy atom. The summed E-state index contributed by atoms with van der Waals surface area (Å²) in [5.74, 6) is -0.899. The Morgan fingerprint density at radius 1 is 1.11 bits per heavy atom. The lowest BCUT2D eigenvalue weighted by Crippen LogP contribution is -2.28. The van der Waals surface area contributed by atoms with Crippen molar-refractivity contribution >= 4 is 34.8 Å². The quantitative estimate of drug-likeness (QED) is 0.210. The standard InChI is InChI=1S/C32H42N6O6/c1-7-37(6)27-17-26(35-31(41)44-32(3,4)5)25(15-21(27)2)34-29(40)18-28(39)22-11-10-12-23(16-22)38-24(19-33-36-38)20-43-30-13-8-9-14-42-30/h10-12,15-17,19,30H,7-9,13-14,18,20H2,1-6H3,(H,34,40)(H,35,41). The molecule has 2 N–H and O–H groups in total. The van der Waals surface area contributed by atoms with Crippen molar-refractivity contribution in [3.05, 3.63) is 59.4 Å². The molecular formula is C32H42N6O6. The van der Waals surface area contributed by atoms with Crippen molar-refractivity contribution in [2.24, 2.45) is 0 Å². The van der Waals surface area contributed by atoms with Crippen LogP contribution in [0.1, 0.15) is 75.0 Å². The number of hydrogen-bond donors (Lipinski definition) is 2. The number of nitrogens with zero attached hydrogens (tertiary/aromatic N) is 4. The Morgan fingerprint density at radius 2 is 1.89 bits per heavy atom. The van der Waals surface area contributed by atoms with Crippen molar-refractivity contribution in [3.63, 3.8) is 0 Å². The van der Waals surface area contributed by atoms with Gasteiger partial charge in [-0.3, -0.25) is 14.9 Å². The summed E-state index contributed by atoms with van der Waals surface area (Å²) in [5, 5.41) is 13.7. The van der Waals surface area contributed by atoms with Crippen molar-refractivity contribution in [1.82, 2.24) is 15.0 Å². The van der Waals surface area contributed by atoms with Crippen LogP contribution < -0.4 is 15.5 Å². The number of nitrogens with one attached hydrogen (secondary N) is 2. The molecule has 2 aromatic carbocycles. The summed E-state index contributed by atoms with van der Waals surface area (Å²) in [5.41, 5.74) is 3.47. The van der Waals surface area contributed by atoms with Crippen LogP contribution >= 0.6 is 0 Å². The first-order valence-electron chi connectivity index (χ1n) is 14.9. The predicted molar refractivity (Wildman–Crippen MR) is 167 cm³/mol. The lowest BCUT2D eigenvalue weighted by molar-refractivity contribution is -0.169. The van der Waals surface area contributed by atoms with Gasteiger partial charge in [0.1, 0.15) is 5.60 Å². The molecule has 4 rings (SSSR count). The molecule has 44 heavy (non-hydrogen) atoms. The minimum atomic E-state index is -0.702. The highest BCUT2D eigenvalue weighted by Crippen LogP contribution is 2.32. The summed E-state index contributed by atoms with van der Waals surface area (Å²) < 4.78 is 18.6. The van der Waals surface area contributed by atoms with E-state index in [1.807, 2.05) is 25.8 Å². The Balaban J connectivity index is 1.46. The number of aryl methyl sites for hydroxylation is 1. The van der Waals surface area contributed by atoms with E-state index in [-0.39, 0.29) is 18.7 Å². The van der Waals surface area contributed by atoms with Crippen LogP contribution in [0.25, 0.3) is 5.69 Å². The van der Waals surface area contributed by atoms with Gasteiger partial charge >= 0.3 is 6.09 Å². The molecule has 2 heterocycles. The molecule has 0 aliphatic carbocycles. The van der Waals surface area contributed by atoms with Gasteiger partial charge in [-0.15, -0.1) is 5.10 Å². The van der Waals surface area contributed by atoms with Gasteiger partial charge in [-0.05, 0) is 83.7 Å². The molecule has 1 saturated heterocycles. The predicted octanol–water partition coefficient (Wildman–Crippen LogP) is 5.63. The minimum Gasteiger partial charge on any atom is -0.444 e. The number of carbonyl (C=O) groups excluding carboxylic acids is 3. The van der Waals surface area contributed by atoms with Gasteiger partial charge in [0.2, 0.25) is 5.91 Å². The van der Waals surface area contributed by atoms with Crippen LogP contribution in [0.15, 0.2) is 42.6 Å². The zero-order chi connectivity index (χ0) is 31.9. The van der Waals surface area contributed by atoms with E-state index in [1.54, 1.807) is 68.0 Å². The van der Waals surface area contributed by atoms with Gasteiger partial charge in [0.15, 0.2) is 12.1 Å². The molecule has 0 radical (unpaired) electrons. The van der Waals surface area contributed by atoms with Crippen molar-refractivity contribution < 1.29 is 28.6 Å². The maximum absolute atomic E-state index is 13.2. The van der Waals surface area contributed by atoms with Crippen molar-refractivity contribution in [2.45, 2.75) is 78.8 Å². The summed E-state index contributed by atoms with van der Waals surface area (Å²) in [7, 11) is 1.94. The minimum absolute atomic E-state index is 0.254. The van der Waals surface area contributed by atoms with Crippen molar-refractivity contribution in [3.8, 4) is 5.69 Å². The van der Waals surface area contributed by atoms with E-state index in [1.165, 1.54) is 0 Å². The summed E-state index contributed by atoms with van der Waals surface area (Å²) in [6.07, 6.45) is 3.22. The van der Waals surface area contributed by atoms with Crippen LogP contribution in [0, 0.1) is 6.92 Å². The van der Waals surface area contributed by atoms with Gasteiger partial charge in [0.05, 0.1) is 42.0 Å². The summed E-state index contributed by atoms with van der Waals surface area (Å²) in [4.78, 5) is 40.9. The third-order valence-electron chi connectivity index (χ3n) is 7.04. The molecule has 3 aromatic rings. The average Bonchev–Trinajstić information content (AvgIpc) is 3.45. The zero-order valence-electron chi connectivity index (χ0n) is 26.3. The highest BCUT2D eigenvalue weighted by molar-refractivity contribution is 6.12. The summed E-state index contributed by atoms with van der Waals surface area (Å²) in [6, 6.07) is 10.4. The van der Waals surface area contributed by atoms with Gasteiger partial charge in [-0.2, -0.15) is 0 Å². The summed E-state index contributed by atoms with van der Waals surface area (Å²) in [6.45, 7) is 10.9. The molecule has 2 amide bonds. The number of carbonyl (C=O) groups is 3. The van der Waals surface area contributed by atoms with E-state index in [4.69, 9.17) is 14.2 Å². The molecule has 0 spiro atoms. The van der Waals surface area contributed by atoms with Gasteiger partial charge in [-0.25, -0.2) is 9.48 Å². The Labute approximate surface area is 258 Å². The van der Waals surface area contributed by atoms with Crippen LogP contribution in [0.5, 0.6) is 0 Å². The average molecular weight is 607 g/mol. The van der Waals surface area contributed by atoms with Crippen LogP contribution in [-0.4, -0.2) is 64.9 Å². The lowest BCUT2D eigenvalue weighted by atomic mass is 10.1. The molecule has 0 bridgehead atoms. The molecule has 0 saturated carbocycles. The second-order valence-corrected chi connectivity index (χ2v) is 11.8. The molecule has 1 atom stereocenters. The molecule has 236 valence electrons. The van der Waals surface area contributed by atoms with Gasteiger partial charge in [0.25, 0.3) is 0 Å². The Hall–Kier alpha value is -4.29. The van der Waals surface area contributed by atoms with Crippen LogP contribution in [-0.2, 0) is 25.6 Å². The first kappa shape index (κ1) is 32.6. The number of Topliss-reactive ketones (excluding diaryl/α,β-unsaturated/α-hetero) is 1. The molecule has 1 aromatic heterocycles. The Kier molecular flexibility index (Phi) is 10.7. The van der Waals surface area contributed by atoms with Crippen LogP contribution in [0.4, 0.5) is 21.9 Å². The fourth-order valence-corrected chi connectivity index (χ4v) is 4.74. The first-order valence-corrected chi connectivity index (χ1v) is 14.9. The zero-order valence-corrected chi connectivity index (χ0v) is 26.3. The van der Waals surface area contributed by atoms with Crippen LogP contribution in [0.3, 0.4) is 0 Å². The molecule has 1 aliphatic heterocycles. The number of hydrogen-bond acceptors (Lipinski definition) is 9. The number of rotatable bonds is 11. The normalized spacial score (nSPS) is 15.0. The maximum atomic E-state index is 13.2. The fourth-order valence-electron chi connectivity index (χ4n) is 4.74. The van der Waals surface area contributed by atoms with Gasteiger partial charge < -0.3 is 24.4 Å². The van der Waals surface area contributed by atoms with E-state index >= 15 is 0 Å². The summed E-state index contributed by atoms with van der Waals surface area (Å²) >= 11 is 0. The maximum Gasteiger partial charge on any atom is 0.412 e. The number of benzene rings is 2. The third-order valence-corrected chi connectivity index (χ3v) is 7.04. The molecule has 12 heteroatoms. The van der Waals surface area contributed by atoms with Gasteiger partial charge in [-0.1, -0.05) is 17.3 Å². The molecular weight excluding hydrogens is 564 g/mol.